The molecule has 3 amide bonds. The van der Waals surface area contributed by atoms with Gasteiger partial charge in [0.1, 0.15) is 11.9 Å². The molecular formula is C25H30FN3O4. The maximum atomic E-state index is 13.2. The van der Waals surface area contributed by atoms with Crippen LogP contribution in [0.1, 0.15) is 39.1 Å². The van der Waals surface area contributed by atoms with E-state index in [1.165, 1.54) is 24.3 Å². The Bertz CT molecular complexity index is 955. The highest BCUT2D eigenvalue weighted by Gasteiger charge is 2.34. The zero-order valence-corrected chi connectivity index (χ0v) is 19.0. The van der Waals surface area contributed by atoms with Gasteiger partial charge in [-0.2, -0.15) is 0 Å². The first-order chi connectivity index (χ1) is 15.9. The molecule has 0 aliphatic carbocycles. The topological polar surface area (TPSA) is 87.7 Å². The number of amides is 3. The van der Waals surface area contributed by atoms with E-state index >= 15 is 0 Å². The molecular weight excluding hydrogens is 425 g/mol. The molecule has 2 aromatic rings. The van der Waals surface area contributed by atoms with Crippen molar-refractivity contribution in [1.29, 1.82) is 0 Å². The van der Waals surface area contributed by atoms with E-state index in [1.807, 2.05) is 19.1 Å². The monoisotopic (exact) mass is 455 g/mol. The van der Waals surface area contributed by atoms with Gasteiger partial charge in [0.2, 0.25) is 5.91 Å². The Hall–Kier alpha value is -3.26. The maximum Gasteiger partial charge on any atom is 0.253 e. The van der Waals surface area contributed by atoms with Gasteiger partial charge < -0.3 is 20.3 Å². The van der Waals surface area contributed by atoms with Crippen molar-refractivity contribution in [2.24, 2.45) is 5.92 Å². The van der Waals surface area contributed by atoms with Crippen molar-refractivity contribution >= 4 is 17.7 Å². The minimum Gasteiger partial charge on any atom is -0.383 e. The van der Waals surface area contributed by atoms with Crippen molar-refractivity contribution in [2.75, 3.05) is 33.4 Å². The number of halogens is 1. The predicted octanol–water partition coefficient (Wildman–Crippen LogP) is 2.55. The number of ether oxygens (including phenoxy) is 1. The SMILES string of the molecule is COCCNC(=O)C(NC(=O)c1ccc(C)cc1)C1CCN(C(=O)c2ccc(F)cc2)CC1. The number of methoxy groups -OCH3 is 1. The number of nitrogens with one attached hydrogen (secondary N) is 2. The number of carbonyl (C=O) groups excluding carboxylic acids is 3. The van der Waals surface area contributed by atoms with Crippen molar-refractivity contribution in [3.8, 4) is 0 Å². The van der Waals surface area contributed by atoms with E-state index in [0.29, 0.717) is 50.2 Å². The standard InChI is InChI=1S/C25H30FN3O4/c1-17-3-5-19(6-4-17)23(30)28-22(24(31)27-13-16-33-2)18-11-14-29(15-12-18)25(32)20-7-9-21(26)10-8-20/h3-10,18,22H,11-16H2,1-2H3,(H,27,31)(H,28,30). The lowest BCUT2D eigenvalue weighted by Crippen LogP contribution is -2.54. The van der Waals surface area contributed by atoms with Gasteiger partial charge >= 0.3 is 0 Å². The molecule has 1 unspecified atom stereocenters. The summed E-state index contributed by atoms with van der Waals surface area (Å²) in [7, 11) is 1.55. The van der Waals surface area contributed by atoms with Crippen LogP contribution in [0, 0.1) is 18.7 Å². The highest BCUT2D eigenvalue weighted by molar-refractivity contribution is 5.97. The van der Waals surface area contributed by atoms with Gasteiger partial charge in [0.15, 0.2) is 0 Å². The normalized spacial score (nSPS) is 15.1. The molecule has 0 saturated carbocycles. The fraction of sp³-hybridized carbons (Fsp3) is 0.400. The van der Waals surface area contributed by atoms with Crippen LogP contribution in [0.15, 0.2) is 48.5 Å². The number of nitrogens with zero attached hydrogens (tertiary/aromatic N) is 1. The number of benzene rings is 2. The van der Waals surface area contributed by atoms with Crippen LogP contribution in [0.2, 0.25) is 0 Å². The number of aryl methyl sites for hydroxylation is 1. The average molecular weight is 456 g/mol. The van der Waals surface area contributed by atoms with Crippen LogP contribution in [0.4, 0.5) is 4.39 Å². The molecule has 7 nitrogen and oxygen atoms in total. The molecule has 1 saturated heterocycles. The average Bonchev–Trinajstić information content (AvgIpc) is 2.83. The predicted molar refractivity (Wildman–Crippen MR) is 122 cm³/mol. The summed E-state index contributed by atoms with van der Waals surface area (Å²) in [5.74, 6) is -1.27. The number of hydrogen-bond donors (Lipinski definition) is 2. The number of piperidine rings is 1. The largest absolute Gasteiger partial charge is 0.383 e. The number of likely N-dealkylation sites (tertiary alicyclic amines) is 1. The van der Waals surface area contributed by atoms with Crippen molar-refractivity contribution in [3.63, 3.8) is 0 Å². The van der Waals surface area contributed by atoms with E-state index in [9.17, 15) is 18.8 Å². The van der Waals surface area contributed by atoms with Crippen LogP contribution in [0.3, 0.4) is 0 Å². The molecule has 0 bridgehead atoms. The second kappa shape index (κ2) is 11.6. The van der Waals surface area contributed by atoms with Crippen LogP contribution in [-0.2, 0) is 9.53 Å². The Kier molecular flexibility index (Phi) is 8.54. The molecule has 1 atom stereocenters. The molecule has 1 aliphatic rings. The molecule has 0 radical (unpaired) electrons. The van der Waals surface area contributed by atoms with E-state index < -0.39 is 11.9 Å². The lowest BCUT2D eigenvalue weighted by molar-refractivity contribution is -0.124. The van der Waals surface area contributed by atoms with Gasteiger partial charge in [0.05, 0.1) is 6.61 Å². The fourth-order valence-electron chi connectivity index (χ4n) is 3.92. The smallest absolute Gasteiger partial charge is 0.253 e. The summed E-state index contributed by atoms with van der Waals surface area (Å²) in [6, 6.07) is 11.9. The number of carbonyl (C=O) groups is 3. The quantitative estimate of drug-likeness (QED) is 0.599. The first-order valence-corrected chi connectivity index (χ1v) is 11.1. The summed E-state index contributed by atoms with van der Waals surface area (Å²) in [6.45, 7) is 3.55. The summed E-state index contributed by atoms with van der Waals surface area (Å²) in [6.07, 6.45) is 1.12. The van der Waals surface area contributed by atoms with E-state index in [2.05, 4.69) is 10.6 Å². The van der Waals surface area contributed by atoms with E-state index in [1.54, 1.807) is 24.1 Å². The van der Waals surface area contributed by atoms with E-state index in [-0.39, 0.29) is 23.6 Å². The number of hydrogen-bond acceptors (Lipinski definition) is 4. The Labute approximate surface area is 193 Å². The fourth-order valence-corrected chi connectivity index (χ4v) is 3.92. The van der Waals surface area contributed by atoms with Crippen molar-refractivity contribution in [1.82, 2.24) is 15.5 Å². The zero-order chi connectivity index (χ0) is 23.8. The molecule has 1 fully saturated rings. The van der Waals surface area contributed by atoms with Crippen LogP contribution >= 0.6 is 0 Å². The Morgan fingerprint density at radius 3 is 2.24 bits per heavy atom. The first-order valence-electron chi connectivity index (χ1n) is 11.1. The van der Waals surface area contributed by atoms with Gasteiger partial charge in [0, 0.05) is 37.9 Å². The van der Waals surface area contributed by atoms with Gasteiger partial charge in [-0.3, -0.25) is 14.4 Å². The van der Waals surface area contributed by atoms with Crippen LogP contribution < -0.4 is 10.6 Å². The third-order valence-electron chi connectivity index (χ3n) is 5.88. The molecule has 33 heavy (non-hydrogen) atoms. The maximum absolute atomic E-state index is 13.2. The Morgan fingerprint density at radius 1 is 1.03 bits per heavy atom. The molecule has 2 aromatic carbocycles. The zero-order valence-electron chi connectivity index (χ0n) is 19.0. The first kappa shape index (κ1) is 24.4. The van der Waals surface area contributed by atoms with Crippen molar-refractivity contribution < 1.29 is 23.5 Å². The second-order valence-corrected chi connectivity index (χ2v) is 8.24. The Balaban J connectivity index is 1.66. The lowest BCUT2D eigenvalue weighted by atomic mass is 9.88. The van der Waals surface area contributed by atoms with Gasteiger partial charge in [-0.05, 0) is 62.1 Å². The molecule has 0 spiro atoms. The Morgan fingerprint density at radius 2 is 1.64 bits per heavy atom. The van der Waals surface area contributed by atoms with Gasteiger partial charge in [-0.1, -0.05) is 17.7 Å². The van der Waals surface area contributed by atoms with Crippen molar-refractivity contribution in [3.05, 3.63) is 71.0 Å². The molecule has 2 N–H and O–H groups in total. The third-order valence-corrected chi connectivity index (χ3v) is 5.88. The summed E-state index contributed by atoms with van der Waals surface area (Å²) in [4.78, 5) is 40.2. The van der Waals surface area contributed by atoms with Gasteiger partial charge in [0.25, 0.3) is 11.8 Å². The molecule has 1 heterocycles. The minimum atomic E-state index is -0.723. The minimum absolute atomic E-state index is 0.126. The van der Waals surface area contributed by atoms with Crippen molar-refractivity contribution in [2.45, 2.75) is 25.8 Å². The summed E-state index contributed by atoms with van der Waals surface area (Å²) in [5, 5.41) is 5.71. The molecule has 1 aliphatic heterocycles. The summed E-state index contributed by atoms with van der Waals surface area (Å²) >= 11 is 0. The molecule has 3 rings (SSSR count). The molecule has 176 valence electrons. The van der Waals surface area contributed by atoms with Crippen LogP contribution in [0.25, 0.3) is 0 Å². The molecule has 8 heteroatoms. The second-order valence-electron chi connectivity index (χ2n) is 8.24. The van der Waals surface area contributed by atoms with E-state index in [0.717, 1.165) is 5.56 Å². The lowest BCUT2D eigenvalue weighted by Gasteiger charge is -2.36. The highest BCUT2D eigenvalue weighted by atomic mass is 19.1. The highest BCUT2D eigenvalue weighted by Crippen LogP contribution is 2.23. The van der Waals surface area contributed by atoms with Crippen LogP contribution in [-0.4, -0.2) is 62.0 Å². The third kappa shape index (κ3) is 6.61. The molecule has 0 aromatic heterocycles. The summed E-state index contributed by atoms with van der Waals surface area (Å²) in [5.41, 5.74) is 1.95. The van der Waals surface area contributed by atoms with Crippen LogP contribution in [0.5, 0.6) is 0 Å². The van der Waals surface area contributed by atoms with Gasteiger partial charge in [-0.15, -0.1) is 0 Å². The van der Waals surface area contributed by atoms with E-state index in [4.69, 9.17) is 4.74 Å². The summed E-state index contributed by atoms with van der Waals surface area (Å²) < 4.78 is 18.2. The number of rotatable bonds is 8. The van der Waals surface area contributed by atoms with Gasteiger partial charge in [-0.25, -0.2) is 4.39 Å².